The highest BCUT2D eigenvalue weighted by Crippen LogP contribution is 2.30. The van der Waals surface area contributed by atoms with Gasteiger partial charge in [0.15, 0.2) is 0 Å². The highest BCUT2D eigenvalue weighted by molar-refractivity contribution is 5.36. The van der Waals surface area contributed by atoms with Crippen molar-refractivity contribution in [1.82, 2.24) is 5.32 Å². The van der Waals surface area contributed by atoms with E-state index in [1.807, 2.05) is 14.0 Å². The van der Waals surface area contributed by atoms with Gasteiger partial charge in [-0.05, 0) is 50.9 Å². The fraction of sp³-hybridized carbons (Fsp3) is 0.571. The Hall–Kier alpha value is -1.09. The van der Waals surface area contributed by atoms with Crippen LogP contribution in [0.5, 0.6) is 5.75 Å². The molecule has 1 unspecified atom stereocenters. The molecular formula is C14H20FNO. The van der Waals surface area contributed by atoms with Crippen LogP contribution in [-0.2, 0) is 0 Å². The average Bonchev–Trinajstić information content (AvgIpc) is 2.27. The van der Waals surface area contributed by atoms with Gasteiger partial charge in [-0.3, -0.25) is 0 Å². The summed E-state index contributed by atoms with van der Waals surface area (Å²) in [5.41, 5.74) is 0.895. The Bertz CT molecular complexity index is 376. The van der Waals surface area contributed by atoms with Gasteiger partial charge in [-0.2, -0.15) is 0 Å². The predicted molar refractivity (Wildman–Crippen MR) is 66.7 cm³/mol. The largest absolute Gasteiger partial charge is 0.493 e. The highest BCUT2D eigenvalue weighted by Gasteiger charge is 2.19. The second kappa shape index (κ2) is 5.50. The lowest BCUT2D eigenvalue weighted by Gasteiger charge is -2.26. The van der Waals surface area contributed by atoms with Crippen LogP contribution in [0.2, 0.25) is 0 Å². The molecule has 0 spiro atoms. The Balaban J connectivity index is 2.07. The van der Waals surface area contributed by atoms with E-state index in [4.69, 9.17) is 4.74 Å². The minimum absolute atomic E-state index is 0.0992. The standard InChI is InChI=1S/C14H20FNO/c1-10(16-2)13-8-12(15)6-7-14(13)17-9-11-4-3-5-11/h6-8,10-11,16H,3-5,9H2,1-2H3. The van der Waals surface area contributed by atoms with E-state index in [-0.39, 0.29) is 11.9 Å². The van der Waals surface area contributed by atoms with Crippen molar-refractivity contribution in [3.05, 3.63) is 29.6 Å². The van der Waals surface area contributed by atoms with Gasteiger partial charge in [0.25, 0.3) is 0 Å². The molecule has 1 aliphatic rings. The number of hydrogen-bond donors (Lipinski definition) is 1. The summed E-state index contributed by atoms with van der Waals surface area (Å²) in [6, 6.07) is 4.85. The van der Waals surface area contributed by atoms with E-state index in [1.165, 1.54) is 25.3 Å². The molecule has 0 saturated heterocycles. The summed E-state index contributed by atoms with van der Waals surface area (Å²) in [5.74, 6) is 1.29. The van der Waals surface area contributed by atoms with E-state index in [9.17, 15) is 4.39 Å². The molecule has 0 bridgehead atoms. The van der Waals surface area contributed by atoms with Crippen LogP contribution < -0.4 is 10.1 Å². The highest BCUT2D eigenvalue weighted by atomic mass is 19.1. The molecule has 2 rings (SSSR count). The van der Waals surface area contributed by atoms with Gasteiger partial charge < -0.3 is 10.1 Å². The molecule has 94 valence electrons. The van der Waals surface area contributed by atoms with Gasteiger partial charge in [-0.25, -0.2) is 4.39 Å². The van der Waals surface area contributed by atoms with E-state index in [1.54, 1.807) is 12.1 Å². The Morgan fingerprint density at radius 1 is 1.47 bits per heavy atom. The quantitative estimate of drug-likeness (QED) is 0.848. The first-order valence-electron chi connectivity index (χ1n) is 6.30. The first-order valence-corrected chi connectivity index (χ1v) is 6.30. The molecule has 3 heteroatoms. The van der Waals surface area contributed by atoms with Crippen molar-refractivity contribution < 1.29 is 9.13 Å². The number of rotatable bonds is 5. The third-order valence-corrected chi connectivity index (χ3v) is 3.57. The molecule has 0 aromatic heterocycles. The fourth-order valence-electron chi connectivity index (χ4n) is 2.01. The minimum Gasteiger partial charge on any atom is -0.493 e. The van der Waals surface area contributed by atoms with Crippen LogP contribution in [0.4, 0.5) is 4.39 Å². The predicted octanol–water partition coefficient (Wildman–Crippen LogP) is 3.29. The summed E-state index contributed by atoms with van der Waals surface area (Å²) < 4.78 is 19.0. The van der Waals surface area contributed by atoms with Crippen LogP contribution in [0, 0.1) is 11.7 Å². The number of nitrogens with one attached hydrogen (secondary N) is 1. The van der Waals surface area contributed by atoms with Gasteiger partial charge in [-0.1, -0.05) is 6.42 Å². The van der Waals surface area contributed by atoms with Gasteiger partial charge in [0.1, 0.15) is 11.6 Å². The maximum atomic E-state index is 13.2. The molecule has 1 saturated carbocycles. The Morgan fingerprint density at radius 3 is 2.82 bits per heavy atom. The van der Waals surface area contributed by atoms with Crippen LogP contribution in [0.15, 0.2) is 18.2 Å². The Kier molecular flexibility index (Phi) is 4.00. The molecule has 17 heavy (non-hydrogen) atoms. The first kappa shape index (κ1) is 12.4. The first-order chi connectivity index (χ1) is 8.20. The van der Waals surface area contributed by atoms with Gasteiger partial charge >= 0.3 is 0 Å². The number of hydrogen-bond acceptors (Lipinski definition) is 2. The molecule has 0 amide bonds. The third kappa shape index (κ3) is 2.97. The zero-order valence-corrected chi connectivity index (χ0v) is 10.5. The van der Waals surface area contributed by atoms with Gasteiger partial charge in [0, 0.05) is 11.6 Å². The molecule has 0 heterocycles. The normalized spacial score (nSPS) is 17.6. The lowest BCUT2D eigenvalue weighted by atomic mass is 9.86. The van der Waals surface area contributed by atoms with E-state index in [0.717, 1.165) is 17.9 Å². The van der Waals surface area contributed by atoms with Crippen LogP contribution in [0.25, 0.3) is 0 Å². The lowest BCUT2D eigenvalue weighted by molar-refractivity contribution is 0.178. The number of benzene rings is 1. The molecule has 2 nitrogen and oxygen atoms in total. The third-order valence-electron chi connectivity index (χ3n) is 3.57. The minimum atomic E-state index is -0.210. The summed E-state index contributed by atoms with van der Waals surface area (Å²) in [6.07, 6.45) is 3.84. The Labute approximate surface area is 102 Å². The molecular weight excluding hydrogens is 217 g/mol. The van der Waals surface area contributed by atoms with Crippen LogP contribution in [-0.4, -0.2) is 13.7 Å². The van der Waals surface area contributed by atoms with Crippen molar-refractivity contribution in [2.75, 3.05) is 13.7 Å². The molecule has 1 N–H and O–H groups in total. The van der Waals surface area contributed by atoms with Crippen molar-refractivity contribution >= 4 is 0 Å². The van der Waals surface area contributed by atoms with Crippen molar-refractivity contribution in [2.45, 2.75) is 32.2 Å². The zero-order valence-electron chi connectivity index (χ0n) is 10.5. The maximum absolute atomic E-state index is 13.2. The number of ether oxygens (including phenoxy) is 1. The molecule has 0 radical (unpaired) electrons. The smallest absolute Gasteiger partial charge is 0.124 e. The van der Waals surface area contributed by atoms with Crippen LogP contribution >= 0.6 is 0 Å². The van der Waals surface area contributed by atoms with Crippen molar-refractivity contribution in [3.63, 3.8) is 0 Å². The summed E-state index contributed by atoms with van der Waals surface area (Å²) in [6.45, 7) is 2.76. The average molecular weight is 237 g/mol. The van der Waals surface area contributed by atoms with Crippen LogP contribution in [0.1, 0.15) is 37.8 Å². The molecule has 1 aromatic rings. The van der Waals surface area contributed by atoms with E-state index >= 15 is 0 Å². The summed E-state index contributed by atoms with van der Waals surface area (Å²) in [5, 5.41) is 3.12. The zero-order chi connectivity index (χ0) is 12.3. The summed E-state index contributed by atoms with van der Waals surface area (Å²) >= 11 is 0. The second-order valence-electron chi connectivity index (χ2n) is 4.80. The Morgan fingerprint density at radius 2 is 2.24 bits per heavy atom. The molecule has 1 aliphatic carbocycles. The molecule has 1 fully saturated rings. The van der Waals surface area contributed by atoms with Crippen molar-refractivity contribution in [2.24, 2.45) is 5.92 Å². The lowest BCUT2D eigenvalue weighted by Crippen LogP contribution is -2.21. The molecule has 1 atom stereocenters. The van der Waals surface area contributed by atoms with Gasteiger partial charge in [0.2, 0.25) is 0 Å². The summed E-state index contributed by atoms with van der Waals surface area (Å²) in [7, 11) is 1.87. The molecule has 0 aliphatic heterocycles. The van der Waals surface area contributed by atoms with E-state index in [2.05, 4.69) is 5.32 Å². The van der Waals surface area contributed by atoms with E-state index < -0.39 is 0 Å². The van der Waals surface area contributed by atoms with E-state index in [0.29, 0.717) is 5.92 Å². The van der Waals surface area contributed by atoms with Crippen molar-refractivity contribution in [1.29, 1.82) is 0 Å². The topological polar surface area (TPSA) is 21.3 Å². The SMILES string of the molecule is CNC(C)c1cc(F)ccc1OCC1CCC1. The maximum Gasteiger partial charge on any atom is 0.124 e. The number of halogens is 1. The fourth-order valence-corrected chi connectivity index (χ4v) is 2.01. The van der Waals surface area contributed by atoms with Crippen LogP contribution in [0.3, 0.4) is 0 Å². The van der Waals surface area contributed by atoms with Crippen molar-refractivity contribution in [3.8, 4) is 5.75 Å². The monoisotopic (exact) mass is 237 g/mol. The second-order valence-corrected chi connectivity index (χ2v) is 4.80. The van der Waals surface area contributed by atoms with Gasteiger partial charge in [0.05, 0.1) is 6.61 Å². The molecule has 1 aromatic carbocycles. The summed E-state index contributed by atoms with van der Waals surface area (Å²) in [4.78, 5) is 0. The van der Waals surface area contributed by atoms with Gasteiger partial charge in [-0.15, -0.1) is 0 Å².